The Balaban J connectivity index is 1.45. The van der Waals surface area contributed by atoms with Crippen molar-refractivity contribution in [2.45, 2.75) is 61.5 Å². The summed E-state index contributed by atoms with van der Waals surface area (Å²) >= 11 is 0. The summed E-state index contributed by atoms with van der Waals surface area (Å²) in [6.07, 6.45) is -1.95. The minimum Gasteiger partial charge on any atom is -0.368 e. The molecule has 0 amide bonds. The summed E-state index contributed by atoms with van der Waals surface area (Å²) in [5, 5.41) is 0. The molecule has 1 aliphatic heterocycles. The smallest absolute Gasteiger partial charge is 0.166 e. The van der Waals surface area contributed by atoms with Crippen LogP contribution in [-0.2, 0) is 49.6 Å². The zero-order chi connectivity index (χ0) is 26.9. The minimum atomic E-state index is -1.48. The third-order valence-electron chi connectivity index (χ3n) is 6.77. The minimum absolute atomic E-state index is 0.336. The molecule has 0 aromatic heterocycles. The van der Waals surface area contributed by atoms with Crippen molar-refractivity contribution in [3.63, 3.8) is 0 Å². The third-order valence-corrected chi connectivity index (χ3v) is 8.31. The first-order valence-electron chi connectivity index (χ1n) is 13.3. The van der Waals surface area contributed by atoms with Gasteiger partial charge in [-0.1, -0.05) is 109 Å². The molecule has 6 atom stereocenters. The molecule has 1 heterocycles. The van der Waals surface area contributed by atoms with E-state index in [0.29, 0.717) is 24.7 Å². The maximum atomic E-state index is 13.9. The highest BCUT2D eigenvalue weighted by molar-refractivity contribution is 7.85. The molecule has 6 heteroatoms. The van der Waals surface area contributed by atoms with E-state index < -0.39 is 34.5 Å². The molecule has 0 spiro atoms. The highest BCUT2D eigenvalue weighted by Gasteiger charge is 2.49. The molecule has 39 heavy (non-hydrogen) atoms. The normalized spacial score (nSPS) is 23.8. The van der Waals surface area contributed by atoms with Gasteiger partial charge in [0.15, 0.2) is 5.44 Å². The van der Waals surface area contributed by atoms with Crippen LogP contribution in [0.25, 0.3) is 0 Å². The average molecular weight is 543 g/mol. The van der Waals surface area contributed by atoms with Crippen LogP contribution in [0.1, 0.15) is 23.6 Å². The van der Waals surface area contributed by atoms with Crippen molar-refractivity contribution >= 4 is 10.8 Å². The number of benzene rings is 4. The summed E-state index contributed by atoms with van der Waals surface area (Å²) < 4.78 is 39.9. The molecule has 4 aromatic carbocycles. The Kier molecular flexibility index (Phi) is 9.70. The Bertz CT molecular complexity index is 1290. The summed E-state index contributed by atoms with van der Waals surface area (Å²) in [5.74, 6) is 0. The van der Waals surface area contributed by atoms with Crippen molar-refractivity contribution in [1.29, 1.82) is 0 Å². The predicted molar refractivity (Wildman–Crippen MR) is 152 cm³/mol. The van der Waals surface area contributed by atoms with Gasteiger partial charge in [0.25, 0.3) is 0 Å². The van der Waals surface area contributed by atoms with E-state index in [0.717, 1.165) is 16.7 Å². The summed E-state index contributed by atoms with van der Waals surface area (Å²) in [4.78, 5) is 0.688. The van der Waals surface area contributed by atoms with Gasteiger partial charge in [0.2, 0.25) is 0 Å². The molecule has 4 aromatic rings. The van der Waals surface area contributed by atoms with E-state index in [1.807, 2.05) is 128 Å². The van der Waals surface area contributed by atoms with E-state index in [2.05, 4.69) is 0 Å². The largest absolute Gasteiger partial charge is 0.368 e. The third kappa shape index (κ3) is 7.29. The number of rotatable bonds is 11. The monoisotopic (exact) mass is 542 g/mol. The Morgan fingerprint density at radius 1 is 0.564 bits per heavy atom. The van der Waals surface area contributed by atoms with E-state index in [-0.39, 0.29) is 6.10 Å². The molecule has 1 aliphatic rings. The van der Waals surface area contributed by atoms with E-state index in [1.54, 1.807) is 0 Å². The van der Waals surface area contributed by atoms with Gasteiger partial charge in [-0.05, 0) is 35.7 Å². The molecule has 5 nitrogen and oxygen atoms in total. The van der Waals surface area contributed by atoms with Crippen LogP contribution in [0.3, 0.4) is 0 Å². The second-order valence-electron chi connectivity index (χ2n) is 9.60. The maximum Gasteiger partial charge on any atom is 0.166 e. The van der Waals surface area contributed by atoms with Crippen LogP contribution in [0.5, 0.6) is 0 Å². The molecular formula is C33H34O5S. The first-order valence-corrected chi connectivity index (χ1v) is 14.5. The summed E-state index contributed by atoms with van der Waals surface area (Å²) in [6.45, 7) is 3.07. The molecule has 0 N–H and O–H groups in total. The lowest BCUT2D eigenvalue weighted by Gasteiger charge is -2.45. The predicted octanol–water partition coefficient (Wildman–Crippen LogP) is 6.30. The van der Waals surface area contributed by atoms with Gasteiger partial charge in [-0.3, -0.25) is 4.21 Å². The molecule has 1 fully saturated rings. The van der Waals surface area contributed by atoms with E-state index in [9.17, 15) is 4.21 Å². The van der Waals surface area contributed by atoms with Crippen molar-refractivity contribution < 1.29 is 23.2 Å². The molecule has 0 bridgehead atoms. The van der Waals surface area contributed by atoms with Gasteiger partial charge >= 0.3 is 0 Å². The molecule has 0 saturated carbocycles. The van der Waals surface area contributed by atoms with Crippen molar-refractivity contribution in [2.75, 3.05) is 0 Å². The zero-order valence-electron chi connectivity index (χ0n) is 22.0. The Labute approximate surface area is 233 Å². The summed E-state index contributed by atoms with van der Waals surface area (Å²) in [6, 6.07) is 39.4. The van der Waals surface area contributed by atoms with Gasteiger partial charge in [-0.25, -0.2) is 0 Å². The summed E-state index contributed by atoms with van der Waals surface area (Å²) in [7, 11) is -1.48. The van der Waals surface area contributed by atoms with Crippen molar-refractivity contribution in [2.24, 2.45) is 0 Å². The second kappa shape index (κ2) is 13.8. The Morgan fingerprint density at radius 2 is 0.949 bits per heavy atom. The highest BCUT2D eigenvalue weighted by Crippen LogP contribution is 2.33. The summed E-state index contributed by atoms with van der Waals surface area (Å²) in [5.41, 5.74) is 2.39. The Morgan fingerprint density at radius 3 is 1.41 bits per heavy atom. The first kappa shape index (κ1) is 27.4. The highest BCUT2D eigenvalue weighted by atomic mass is 32.2. The fourth-order valence-corrected chi connectivity index (χ4v) is 6.18. The molecule has 0 radical (unpaired) electrons. The van der Waals surface area contributed by atoms with Gasteiger partial charge in [0, 0.05) is 4.90 Å². The van der Waals surface area contributed by atoms with Gasteiger partial charge in [-0.15, -0.1) is 0 Å². The number of hydrogen-bond acceptors (Lipinski definition) is 5. The van der Waals surface area contributed by atoms with Crippen LogP contribution in [-0.4, -0.2) is 34.1 Å². The standard InChI is InChI=1S/C33H34O5S/c1-25-30(35-22-26-14-6-2-7-15-26)31(36-23-27-16-8-3-9-17-27)32(37-24-28-18-10-4-11-19-28)33(38-25)39(34)29-20-12-5-13-21-29/h2-21,25,30-33H,22-24H2,1H3/t25-,30+,31+,32-,33-,39?/m0/s1. The fourth-order valence-electron chi connectivity index (χ4n) is 4.73. The van der Waals surface area contributed by atoms with Crippen LogP contribution < -0.4 is 0 Å². The van der Waals surface area contributed by atoms with E-state index >= 15 is 0 Å². The zero-order valence-corrected chi connectivity index (χ0v) is 22.8. The van der Waals surface area contributed by atoms with Crippen molar-refractivity contribution in [3.05, 3.63) is 138 Å². The van der Waals surface area contributed by atoms with Crippen LogP contribution in [0, 0.1) is 0 Å². The lowest BCUT2D eigenvalue weighted by molar-refractivity contribution is -0.243. The average Bonchev–Trinajstić information content (AvgIpc) is 3.00. The van der Waals surface area contributed by atoms with Gasteiger partial charge < -0.3 is 18.9 Å². The fraction of sp³-hybridized carbons (Fsp3) is 0.273. The van der Waals surface area contributed by atoms with Gasteiger partial charge in [0.05, 0.1) is 36.7 Å². The molecule has 0 aliphatic carbocycles. The number of hydrogen-bond donors (Lipinski definition) is 0. The van der Waals surface area contributed by atoms with Crippen LogP contribution in [0.4, 0.5) is 0 Å². The SMILES string of the molecule is C[C@@H]1O[C@@H](S(=O)c2ccccc2)[C@@H](OCc2ccccc2)[C@H](OCc2ccccc2)[C@@H]1OCc1ccccc1. The van der Waals surface area contributed by atoms with Crippen molar-refractivity contribution in [1.82, 2.24) is 0 Å². The van der Waals surface area contributed by atoms with Crippen LogP contribution in [0.15, 0.2) is 126 Å². The topological polar surface area (TPSA) is 54.0 Å². The van der Waals surface area contributed by atoms with Crippen LogP contribution >= 0.6 is 0 Å². The van der Waals surface area contributed by atoms with Crippen LogP contribution in [0.2, 0.25) is 0 Å². The molecule has 202 valence electrons. The maximum absolute atomic E-state index is 13.9. The van der Waals surface area contributed by atoms with E-state index in [1.165, 1.54) is 0 Å². The van der Waals surface area contributed by atoms with E-state index in [4.69, 9.17) is 18.9 Å². The first-order chi connectivity index (χ1) is 19.2. The molecule has 5 rings (SSSR count). The van der Waals surface area contributed by atoms with Crippen molar-refractivity contribution in [3.8, 4) is 0 Å². The Hall–Kier alpha value is -3.13. The number of ether oxygens (including phenoxy) is 4. The lowest BCUT2D eigenvalue weighted by Crippen LogP contribution is -2.60. The van der Waals surface area contributed by atoms with Gasteiger partial charge in [0.1, 0.15) is 18.3 Å². The second-order valence-corrected chi connectivity index (χ2v) is 11.1. The molecular weight excluding hydrogens is 508 g/mol. The molecule has 1 saturated heterocycles. The lowest BCUT2D eigenvalue weighted by atomic mass is 9.99. The quantitative estimate of drug-likeness (QED) is 0.223. The molecule has 1 unspecified atom stereocenters. The van der Waals surface area contributed by atoms with Gasteiger partial charge in [-0.2, -0.15) is 0 Å².